The van der Waals surface area contributed by atoms with Crippen LogP contribution >= 0.6 is 0 Å². The Morgan fingerprint density at radius 3 is 2.58 bits per heavy atom. The van der Waals surface area contributed by atoms with Gasteiger partial charge in [-0.05, 0) is 36.4 Å². The van der Waals surface area contributed by atoms with Crippen LogP contribution in [0.15, 0.2) is 48.7 Å². The van der Waals surface area contributed by atoms with Crippen molar-refractivity contribution in [3.8, 4) is 28.4 Å². The van der Waals surface area contributed by atoms with Gasteiger partial charge in [-0.15, -0.1) is 0 Å². The van der Waals surface area contributed by atoms with Crippen LogP contribution in [0.3, 0.4) is 0 Å². The van der Waals surface area contributed by atoms with Crippen LogP contribution in [0.5, 0.6) is 11.5 Å². The molecule has 0 radical (unpaired) electrons. The second kappa shape index (κ2) is 7.31. The number of ketones is 1. The molecule has 2 N–H and O–H groups in total. The first-order valence-electron chi connectivity index (χ1n) is 8.28. The smallest absolute Gasteiger partial charge is 0.162 e. The fraction of sp³-hybridized carbons (Fsp3) is 0.200. The molecule has 1 aromatic heterocycles. The summed E-state index contributed by atoms with van der Waals surface area (Å²) in [5, 5.41) is 4.40. The number of hydrogen-bond donors (Lipinski definition) is 1. The van der Waals surface area contributed by atoms with E-state index in [0.717, 1.165) is 11.3 Å². The van der Waals surface area contributed by atoms with Gasteiger partial charge in [0.1, 0.15) is 11.5 Å². The lowest BCUT2D eigenvalue weighted by atomic mass is 10.1. The Kier molecular flexibility index (Phi) is 4.93. The molecule has 0 atom stereocenters. The summed E-state index contributed by atoms with van der Waals surface area (Å²) >= 11 is 0. The van der Waals surface area contributed by atoms with Crippen molar-refractivity contribution in [2.75, 3.05) is 20.0 Å². The number of nitrogen functional groups attached to an aromatic ring is 1. The van der Waals surface area contributed by atoms with Crippen molar-refractivity contribution in [1.29, 1.82) is 0 Å². The molecule has 134 valence electrons. The highest BCUT2D eigenvalue weighted by atomic mass is 16.5. The van der Waals surface area contributed by atoms with E-state index in [1.54, 1.807) is 37.2 Å². The first-order valence-corrected chi connectivity index (χ1v) is 8.28. The maximum Gasteiger partial charge on any atom is 0.162 e. The lowest BCUT2D eigenvalue weighted by Gasteiger charge is -2.14. The molecular formula is C20H21N3O3. The average molecular weight is 351 g/mol. The van der Waals surface area contributed by atoms with Crippen molar-refractivity contribution in [3.63, 3.8) is 0 Å². The molecule has 3 aromatic rings. The van der Waals surface area contributed by atoms with Crippen LogP contribution in [0.2, 0.25) is 0 Å². The van der Waals surface area contributed by atoms with E-state index in [9.17, 15) is 4.79 Å². The van der Waals surface area contributed by atoms with Gasteiger partial charge in [-0.25, -0.2) is 4.68 Å². The number of aromatic nitrogens is 2. The number of ether oxygens (including phenoxy) is 2. The van der Waals surface area contributed by atoms with Crippen LogP contribution in [0.25, 0.3) is 16.9 Å². The fourth-order valence-electron chi connectivity index (χ4n) is 2.83. The standard InChI is InChI=1S/C20H21N3O3/c1-4-19(24)13-5-8-18(16(21)11-13)23-17(9-10-22-23)15-7-6-14(25-2)12-20(15)26-3/h5-12H,4,21H2,1-3H3. The number of carbonyl (C=O) groups is 1. The molecule has 0 aliphatic rings. The molecule has 6 nitrogen and oxygen atoms in total. The quantitative estimate of drug-likeness (QED) is 0.541. The highest BCUT2D eigenvalue weighted by Crippen LogP contribution is 2.35. The summed E-state index contributed by atoms with van der Waals surface area (Å²) in [7, 11) is 3.22. The molecule has 0 saturated heterocycles. The number of nitrogens with zero attached hydrogens (tertiary/aromatic N) is 2. The minimum atomic E-state index is 0.0563. The Morgan fingerprint density at radius 2 is 1.92 bits per heavy atom. The van der Waals surface area contributed by atoms with Crippen LogP contribution in [0.1, 0.15) is 23.7 Å². The van der Waals surface area contributed by atoms with Crippen molar-refractivity contribution in [1.82, 2.24) is 9.78 Å². The monoisotopic (exact) mass is 351 g/mol. The third-order valence-electron chi connectivity index (χ3n) is 4.23. The Bertz CT molecular complexity index is 947. The van der Waals surface area contributed by atoms with Gasteiger partial charge in [-0.2, -0.15) is 5.10 Å². The van der Waals surface area contributed by atoms with Crippen LogP contribution < -0.4 is 15.2 Å². The van der Waals surface area contributed by atoms with E-state index in [2.05, 4.69) is 5.10 Å². The Balaban J connectivity index is 2.09. The van der Waals surface area contributed by atoms with Gasteiger partial charge >= 0.3 is 0 Å². The maximum absolute atomic E-state index is 11.9. The maximum atomic E-state index is 11.9. The molecule has 0 fully saturated rings. The van der Waals surface area contributed by atoms with Gasteiger partial charge < -0.3 is 15.2 Å². The topological polar surface area (TPSA) is 79.4 Å². The normalized spacial score (nSPS) is 10.6. The van der Waals surface area contributed by atoms with Crippen molar-refractivity contribution in [2.45, 2.75) is 13.3 Å². The predicted molar refractivity (Wildman–Crippen MR) is 101 cm³/mol. The summed E-state index contributed by atoms with van der Waals surface area (Å²) in [6, 6.07) is 12.8. The number of anilines is 1. The second-order valence-electron chi connectivity index (χ2n) is 5.74. The zero-order valence-corrected chi connectivity index (χ0v) is 15.0. The molecule has 0 aliphatic carbocycles. The van der Waals surface area contributed by atoms with Crippen LogP contribution in [0, 0.1) is 0 Å². The summed E-state index contributed by atoms with van der Waals surface area (Å²) in [6.07, 6.45) is 2.14. The minimum Gasteiger partial charge on any atom is -0.497 e. The van der Waals surface area contributed by atoms with E-state index in [1.807, 2.05) is 37.3 Å². The zero-order chi connectivity index (χ0) is 18.7. The van der Waals surface area contributed by atoms with Crippen molar-refractivity contribution < 1.29 is 14.3 Å². The van der Waals surface area contributed by atoms with Gasteiger partial charge in [0.25, 0.3) is 0 Å². The summed E-state index contributed by atoms with van der Waals surface area (Å²) in [4.78, 5) is 11.9. The number of rotatable bonds is 6. The van der Waals surface area contributed by atoms with Crippen LogP contribution in [-0.4, -0.2) is 29.8 Å². The molecule has 0 unspecified atom stereocenters. The lowest BCUT2D eigenvalue weighted by Crippen LogP contribution is -2.06. The van der Waals surface area contributed by atoms with Crippen molar-refractivity contribution in [3.05, 3.63) is 54.2 Å². The van der Waals surface area contributed by atoms with E-state index in [4.69, 9.17) is 15.2 Å². The number of benzene rings is 2. The lowest BCUT2D eigenvalue weighted by molar-refractivity contribution is 0.0988. The van der Waals surface area contributed by atoms with Crippen molar-refractivity contribution in [2.24, 2.45) is 0 Å². The second-order valence-corrected chi connectivity index (χ2v) is 5.74. The summed E-state index contributed by atoms with van der Waals surface area (Å²) in [5.74, 6) is 1.43. The van der Waals surface area contributed by atoms with Crippen molar-refractivity contribution >= 4 is 11.5 Å². The highest BCUT2D eigenvalue weighted by molar-refractivity contribution is 5.97. The van der Waals surface area contributed by atoms with E-state index >= 15 is 0 Å². The molecule has 2 aromatic carbocycles. The number of hydrogen-bond acceptors (Lipinski definition) is 5. The average Bonchev–Trinajstić information content (AvgIpc) is 3.15. The molecule has 0 spiro atoms. The van der Waals surface area contributed by atoms with E-state index in [1.165, 1.54) is 0 Å². The molecule has 6 heteroatoms. The molecule has 0 aliphatic heterocycles. The number of nitrogens with two attached hydrogens (primary N) is 1. The predicted octanol–water partition coefficient (Wildman–Crippen LogP) is 3.73. The molecular weight excluding hydrogens is 330 g/mol. The molecule has 26 heavy (non-hydrogen) atoms. The van der Waals surface area contributed by atoms with Crippen LogP contribution in [0.4, 0.5) is 5.69 Å². The van der Waals surface area contributed by atoms with Gasteiger partial charge in [-0.1, -0.05) is 6.92 Å². The number of Topliss-reactive ketones (excluding diaryl/α,β-unsaturated/α-hetero) is 1. The van der Waals surface area contributed by atoms with Gasteiger partial charge in [0, 0.05) is 23.6 Å². The molecule has 3 rings (SSSR count). The number of methoxy groups -OCH3 is 2. The third kappa shape index (κ3) is 3.13. The fourth-order valence-corrected chi connectivity index (χ4v) is 2.83. The Labute approximate surface area is 152 Å². The molecule has 0 bridgehead atoms. The molecule has 0 saturated carbocycles. The van der Waals surface area contributed by atoms with E-state index < -0.39 is 0 Å². The van der Waals surface area contributed by atoms with E-state index in [-0.39, 0.29) is 5.78 Å². The van der Waals surface area contributed by atoms with Crippen LogP contribution in [-0.2, 0) is 0 Å². The first kappa shape index (κ1) is 17.5. The summed E-state index contributed by atoms with van der Waals surface area (Å²) in [6.45, 7) is 1.83. The minimum absolute atomic E-state index is 0.0563. The SMILES string of the molecule is CCC(=O)c1ccc(-n2nccc2-c2ccc(OC)cc2OC)c(N)c1. The van der Waals surface area contributed by atoms with Gasteiger partial charge in [0.2, 0.25) is 0 Å². The summed E-state index contributed by atoms with van der Waals surface area (Å²) in [5.41, 5.74) is 9.68. The molecule has 0 amide bonds. The van der Waals surface area contributed by atoms with Gasteiger partial charge in [0.15, 0.2) is 5.78 Å². The van der Waals surface area contributed by atoms with Gasteiger partial charge in [0.05, 0.1) is 37.5 Å². The third-order valence-corrected chi connectivity index (χ3v) is 4.23. The zero-order valence-electron chi connectivity index (χ0n) is 15.0. The largest absolute Gasteiger partial charge is 0.497 e. The Morgan fingerprint density at radius 1 is 1.12 bits per heavy atom. The van der Waals surface area contributed by atoms with E-state index in [0.29, 0.717) is 34.9 Å². The highest BCUT2D eigenvalue weighted by Gasteiger charge is 2.16. The summed E-state index contributed by atoms with van der Waals surface area (Å²) < 4.78 is 12.5. The Hall–Kier alpha value is -3.28. The first-order chi connectivity index (χ1) is 12.6. The number of carbonyl (C=O) groups excluding carboxylic acids is 1. The molecule has 1 heterocycles. The van der Waals surface area contributed by atoms with Gasteiger partial charge in [-0.3, -0.25) is 4.79 Å².